The number of aryl methyl sites for hydroxylation is 3. The molecule has 174 valence electrons. The van der Waals surface area contributed by atoms with Gasteiger partial charge in [0.05, 0.1) is 0 Å². The molecule has 5 nitrogen and oxygen atoms in total. The number of carbonyl (C=O) groups is 1. The van der Waals surface area contributed by atoms with Gasteiger partial charge in [-0.2, -0.15) is 0 Å². The van der Waals surface area contributed by atoms with Crippen LogP contribution in [0.25, 0.3) is 11.1 Å². The van der Waals surface area contributed by atoms with Crippen LogP contribution in [0.2, 0.25) is 0 Å². The highest BCUT2D eigenvalue weighted by Gasteiger charge is 2.21. The van der Waals surface area contributed by atoms with Gasteiger partial charge in [-0.3, -0.25) is 4.98 Å². The Labute approximate surface area is 196 Å². The Morgan fingerprint density at radius 3 is 2.27 bits per heavy atom. The van der Waals surface area contributed by atoms with Crippen LogP contribution in [0.15, 0.2) is 36.4 Å². The molecule has 3 N–H and O–H groups in total. The molecule has 0 bridgehead atoms. The number of nitrogens with zero attached hydrogens (tertiary/aromatic N) is 1. The molecule has 0 saturated carbocycles. The van der Waals surface area contributed by atoms with Gasteiger partial charge in [0.25, 0.3) is 0 Å². The molecule has 1 heterocycles. The monoisotopic (exact) mass is 446 g/mol. The lowest BCUT2D eigenvalue weighted by Gasteiger charge is -2.22. The molecule has 33 heavy (non-hydrogen) atoms. The average molecular weight is 447 g/mol. The molecule has 0 saturated heterocycles. The normalized spacial score (nSPS) is 11.2. The Morgan fingerprint density at radius 2 is 1.70 bits per heavy atom. The second-order valence-corrected chi connectivity index (χ2v) is 9.12. The van der Waals surface area contributed by atoms with E-state index in [1.54, 1.807) is 6.07 Å². The lowest BCUT2D eigenvalue weighted by atomic mass is 9.90. The van der Waals surface area contributed by atoms with Crippen molar-refractivity contribution in [3.63, 3.8) is 0 Å². The first-order chi connectivity index (χ1) is 15.6. The van der Waals surface area contributed by atoms with Crippen molar-refractivity contribution in [2.24, 2.45) is 11.7 Å². The van der Waals surface area contributed by atoms with Crippen LogP contribution in [0.3, 0.4) is 0 Å². The van der Waals surface area contributed by atoms with E-state index >= 15 is 0 Å². The van der Waals surface area contributed by atoms with Crippen molar-refractivity contribution in [1.29, 1.82) is 0 Å². The molecule has 0 aliphatic heterocycles. The van der Waals surface area contributed by atoms with Crippen molar-refractivity contribution in [3.8, 4) is 16.9 Å². The van der Waals surface area contributed by atoms with Gasteiger partial charge in [0.15, 0.2) is 0 Å². The highest BCUT2D eigenvalue weighted by Crippen LogP contribution is 2.34. The van der Waals surface area contributed by atoms with Gasteiger partial charge in [-0.15, -0.1) is 0 Å². The zero-order chi connectivity index (χ0) is 24.3. The Hall–Kier alpha value is -3.18. The van der Waals surface area contributed by atoms with E-state index in [1.165, 1.54) is 5.56 Å². The molecule has 0 unspecified atom stereocenters. The summed E-state index contributed by atoms with van der Waals surface area (Å²) in [7, 11) is 0. The molecular formula is C28H34N2O3. The molecule has 5 heteroatoms. The number of ether oxygens (including phenoxy) is 1. The third-order valence-electron chi connectivity index (χ3n) is 6.11. The first-order valence-electron chi connectivity index (χ1n) is 11.4. The number of aromatic nitrogens is 1. The molecule has 3 rings (SSSR count). The summed E-state index contributed by atoms with van der Waals surface area (Å²) < 4.78 is 6.22. The number of carboxylic acids is 1. The lowest BCUT2D eigenvalue weighted by molar-refractivity contribution is 0.0691. The standard InChI is InChI=1S/C28H34N2O3/c1-16(2)13-25-23(14-29)26(21-10-7-17(3)8-11-21)24(20(6)30-25)15-33-27-19(5)18(4)9-12-22(27)28(31)32/h7-12,16H,13-15,29H2,1-6H3,(H,31,32). The van der Waals surface area contributed by atoms with Crippen molar-refractivity contribution >= 4 is 5.97 Å². The van der Waals surface area contributed by atoms with Crippen LogP contribution in [-0.4, -0.2) is 16.1 Å². The number of pyridine rings is 1. The van der Waals surface area contributed by atoms with E-state index in [0.717, 1.165) is 51.2 Å². The summed E-state index contributed by atoms with van der Waals surface area (Å²) in [6.45, 7) is 12.8. The maximum atomic E-state index is 11.8. The van der Waals surface area contributed by atoms with E-state index in [-0.39, 0.29) is 12.2 Å². The molecule has 2 aromatic carbocycles. The number of nitrogens with two attached hydrogens (primary N) is 1. The van der Waals surface area contributed by atoms with E-state index < -0.39 is 5.97 Å². The molecule has 0 fully saturated rings. The maximum absolute atomic E-state index is 11.8. The predicted molar refractivity (Wildman–Crippen MR) is 133 cm³/mol. The van der Waals surface area contributed by atoms with Crippen molar-refractivity contribution in [1.82, 2.24) is 4.98 Å². The van der Waals surface area contributed by atoms with E-state index in [1.807, 2.05) is 26.8 Å². The minimum atomic E-state index is -1.00. The zero-order valence-electron chi connectivity index (χ0n) is 20.5. The van der Waals surface area contributed by atoms with Gasteiger partial charge in [0.1, 0.15) is 17.9 Å². The summed E-state index contributed by atoms with van der Waals surface area (Å²) in [5.74, 6) is -0.155. The van der Waals surface area contributed by atoms with Gasteiger partial charge in [-0.1, -0.05) is 49.7 Å². The van der Waals surface area contributed by atoms with Crippen LogP contribution in [0.5, 0.6) is 5.75 Å². The fourth-order valence-electron chi connectivity index (χ4n) is 4.15. The topological polar surface area (TPSA) is 85.4 Å². The van der Waals surface area contributed by atoms with Gasteiger partial charge in [0, 0.05) is 23.5 Å². The van der Waals surface area contributed by atoms with E-state index in [4.69, 9.17) is 15.5 Å². The Kier molecular flexibility index (Phi) is 7.54. The van der Waals surface area contributed by atoms with E-state index in [0.29, 0.717) is 18.2 Å². The van der Waals surface area contributed by atoms with Crippen molar-refractivity contribution in [2.45, 2.75) is 61.1 Å². The lowest BCUT2D eigenvalue weighted by Crippen LogP contribution is -2.15. The highest BCUT2D eigenvalue weighted by molar-refractivity contribution is 5.91. The number of aromatic carboxylic acids is 1. The van der Waals surface area contributed by atoms with E-state index in [9.17, 15) is 9.90 Å². The summed E-state index contributed by atoms with van der Waals surface area (Å²) in [6, 6.07) is 11.8. The summed E-state index contributed by atoms with van der Waals surface area (Å²) in [4.78, 5) is 16.7. The molecule has 0 spiro atoms. The van der Waals surface area contributed by atoms with Crippen LogP contribution in [-0.2, 0) is 19.6 Å². The third kappa shape index (κ3) is 5.25. The number of hydrogen-bond donors (Lipinski definition) is 2. The number of benzene rings is 2. The predicted octanol–water partition coefficient (Wildman–Crippen LogP) is 5.92. The summed E-state index contributed by atoms with van der Waals surface area (Å²) in [6.07, 6.45) is 0.841. The second kappa shape index (κ2) is 10.2. The SMILES string of the molecule is Cc1ccc(-c2c(COc3c(C(=O)O)ccc(C)c3C)c(C)nc(CC(C)C)c2CN)cc1. The fraction of sp³-hybridized carbons (Fsp3) is 0.357. The molecule has 1 aromatic heterocycles. The van der Waals surface area contributed by atoms with Gasteiger partial charge in [0.2, 0.25) is 0 Å². The van der Waals surface area contributed by atoms with Crippen molar-refractivity contribution < 1.29 is 14.6 Å². The smallest absolute Gasteiger partial charge is 0.339 e. The third-order valence-corrected chi connectivity index (χ3v) is 6.11. The van der Waals surface area contributed by atoms with Gasteiger partial charge in [-0.25, -0.2) is 4.79 Å². The number of carboxylic acid groups (broad SMARTS) is 1. The van der Waals surface area contributed by atoms with Gasteiger partial charge >= 0.3 is 5.97 Å². The zero-order valence-corrected chi connectivity index (χ0v) is 20.5. The van der Waals surface area contributed by atoms with Crippen molar-refractivity contribution in [2.75, 3.05) is 0 Å². The maximum Gasteiger partial charge on any atom is 0.339 e. The largest absolute Gasteiger partial charge is 0.488 e. The Morgan fingerprint density at radius 1 is 1.03 bits per heavy atom. The molecule has 0 aliphatic rings. The van der Waals surface area contributed by atoms with Crippen LogP contribution in [0.4, 0.5) is 0 Å². The summed E-state index contributed by atoms with van der Waals surface area (Å²) in [5, 5.41) is 9.68. The minimum absolute atomic E-state index is 0.163. The van der Waals surface area contributed by atoms with Gasteiger partial charge < -0.3 is 15.6 Å². The van der Waals surface area contributed by atoms with Crippen LogP contribution in [0.1, 0.15) is 63.4 Å². The molecule has 0 aliphatic carbocycles. The van der Waals surface area contributed by atoms with Crippen molar-refractivity contribution in [3.05, 3.63) is 81.2 Å². The number of hydrogen-bond acceptors (Lipinski definition) is 4. The van der Waals surface area contributed by atoms with Crippen LogP contribution >= 0.6 is 0 Å². The van der Waals surface area contributed by atoms with Crippen LogP contribution in [0, 0.1) is 33.6 Å². The first-order valence-corrected chi connectivity index (χ1v) is 11.4. The molecule has 3 aromatic rings. The number of rotatable bonds is 8. The van der Waals surface area contributed by atoms with Crippen LogP contribution < -0.4 is 10.5 Å². The Balaban J connectivity index is 2.17. The minimum Gasteiger partial charge on any atom is -0.488 e. The molecule has 0 radical (unpaired) electrons. The summed E-state index contributed by atoms with van der Waals surface area (Å²) >= 11 is 0. The molecule has 0 atom stereocenters. The summed E-state index contributed by atoms with van der Waals surface area (Å²) in [5.41, 5.74) is 15.4. The van der Waals surface area contributed by atoms with E-state index in [2.05, 4.69) is 45.0 Å². The average Bonchev–Trinajstić information content (AvgIpc) is 2.75. The van der Waals surface area contributed by atoms with Gasteiger partial charge in [-0.05, 0) is 73.9 Å². The fourth-order valence-corrected chi connectivity index (χ4v) is 4.15. The Bertz CT molecular complexity index is 1160. The quantitative estimate of drug-likeness (QED) is 0.449. The second-order valence-electron chi connectivity index (χ2n) is 9.12. The molecular weight excluding hydrogens is 412 g/mol. The first kappa shape index (κ1) is 24.5. The molecule has 0 amide bonds. The highest BCUT2D eigenvalue weighted by atomic mass is 16.5.